The molecule has 0 aliphatic carbocycles. The van der Waals surface area contributed by atoms with Gasteiger partial charge in [-0.25, -0.2) is 8.42 Å². The zero-order valence-electron chi connectivity index (χ0n) is 10.3. The molecule has 1 heterocycles. The standard InChI is InChI=1S/C10H15N3O4S/c1-7(10(15)13(2)3)12-18(16,17)8-4-5-9(14)11-6-8/h4-7,12H,1-3H3,(H,11,14). The van der Waals surface area contributed by atoms with E-state index in [0.717, 1.165) is 12.3 Å². The van der Waals surface area contributed by atoms with Crippen LogP contribution in [0.4, 0.5) is 0 Å². The number of amides is 1. The van der Waals surface area contributed by atoms with Crippen LogP contribution in [0.25, 0.3) is 0 Å². The smallest absolute Gasteiger partial charge is 0.247 e. The zero-order valence-corrected chi connectivity index (χ0v) is 11.1. The van der Waals surface area contributed by atoms with Crippen molar-refractivity contribution in [3.05, 3.63) is 28.7 Å². The van der Waals surface area contributed by atoms with Gasteiger partial charge in [0, 0.05) is 26.4 Å². The summed E-state index contributed by atoms with van der Waals surface area (Å²) in [5.41, 5.74) is -0.397. The van der Waals surface area contributed by atoms with Crippen LogP contribution in [-0.4, -0.2) is 44.3 Å². The summed E-state index contributed by atoms with van der Waals surface area (Å²) in [5, 5.41) is 0. The lowest BCUT2D eigenvalue weighted by Gasteiger charge is -2.17. The van der Waals surface area contributed by atoms with E-state index in [0.29, 0.717) is 0 Å². The third kappa shape index (κ3) is 3.41. The summed E-state index contributed by atoms with van der Waals surface area (Å²) in [6.07, 6.45) is 1.08. The Kier molecular flexibility index (Phi) is 4.25. The second-order valence-corrected chi connectivity index (χ2v) is 5.68. The van der Waals surface area contributed by atoms with Gasteiger partial charge in [-0.2, -0.15) is 4.72 Å². The third-order valence-electron chi connectivity index (χ3n) is 2.21. The van der Waals surface area contributed by atoms with Crippen molar-refractivity contribution in [3.8, 4) is 0 Å². The highest BCUT2D eigenvalue weighted by atomic mass is 32.2. The van der Waals surface area contributed by atoms with E-state index < -0.39 is 21.6 Å². The van der Waals surface area contributed by atoms with Crippen LogP contribution in [0.5, 0.6) is 0 Å². The number of pyridine rings is 1. The lowest BCUT2D eigenvalue weighted by atomic mass is 10.3. The van der Waals surface area contributed by atoms with Gasteiger partial charge in [0.15, 0.2) is 0 Å². The summed E-state index contributed by atoms with van der Waals surface area (Å²) in [6.45, 7) is 1.45. The number of hydrogen-bond acceptors (Lipinski definition) is 4. The second kappa shape index (κ2) is 5.32. The summed E-state index contributed by atoms with van der Waals surface area (Å²) in [4.78, 5) is 25.8. The third-order valence-corrected chi connectivity index (χ3v) is 3.75. The molecule has 0 bridgehead atoms. The van der Waals surface area contributed by atoms with Crippen LogP contribution in [0.1, 0.15) is 6.92 Å². The van der Waals surface area contributed by atoms with Crippen LogP contribution in [0, 0.1) is 0 Å². The van der Waals surface area contributed by atoms with Crippen LogP contribution >= 0.6 is 0 Å². The molecule has 0 spiro atoms. The number of rotatable bonds is 4. The molecule has 0 saturated heterocycles. The molecule has 0 aliphatic rings. The monoisotopic (exact) mass is 273 g/mol. The van der Waals surface area contributed by atoms with Crippen LogP contribution in [0.2, 0.25) is 0 Å². The largest absolute Gasteiger partial charge is 0.347 e. The van der Waals surface area contributed by atoms with Crippen molar-refractivity contribution in [2.45, 2.75) is 17.9 Å². The van der Waals surface area contributed by atoms with Crippen molar-refractivity contribution in [3.63, 3.8) is 0 Å². The van der Waals surface area contributed by atoms with Crippen molar-refractivity contribution >= 4 is 15.9 Å². The lowest BCUT2D eigenvalue weighted by Crippen LogP contribution is -2.44. The minimum atomic E-state index is -3.82. The van der Waals surface area contributed by atoms with Gasteiger partial charge in [-0.05, 0) is 13.0 Å². The normalized spacial score (nSPS) is 13.1. The Bertz CT molecular complexity index is 571. The molecule has 0 saturated carbocycles. The number of H-pyrrole nitrogens is 1. The van der Waals surface area contributed by atoms with Gasteiger partial charge >= 0.3 is 0 Å². The molecule has 1 atom stereocenters. The van der Waals surface area contributed by atoms with Gasteiger partial charge in [-0.3, -0.25) is 9.59 Å². The topological polar surface area (TPSA) is 99.3 Å². The van der Waals surface area contributed by atoms with E-state index in [1.54, 1.807) is 0 Å². The van der Waals surface area contributed by atoms with Crippen LogP contribution < -0.4 is 10.3 Å². The van der Waals surface area contributed by atoms with Gasteiger partial charge in [-0.1, -0.05) is 0 Å². The Morgan fingerprint density at radius 2 is 2.00 bits per heavy atom. The fourth-order valence-corrected chi connectivity index (χ4v) is 2.47. The van der Waals surface area contributed by atoms with E-state index in [9.17, 15) is 18.0 Å². The van der Waals surface area contributed by atoms with Crippen LogP contribution in [-0.2, 0) is 14.8 Å². The number of nitrogens with zero attached hydrogens (tertiary/aromatic N) is 1. The molecule has 0 radical (unpaired) electrons. The molecular formula is C10H15N3O4S. The van der Waals surface area contributed by atoms with E-state index in [1.807, 2.05) is 0 Å². The molecule has 100 valence electrons. The number of aromatic nitrogens is 1. The first kappa shape index (κ1) is 14.4. The molecule has 0 aromatic carbocycles. The minimum Gasteiger partial charge on any atom is -0.347 e. The molecule has 1 unspecified atom stereocenters. The molecule has 18 heavy (non-hydrogen) atoms. The highest BCUT2D eigenvalue weighted by Crippen LogP contribution is 2.05. The van der Waals surface area contributed by atoms with Crippen molar-refractivity contribution in [2.75, 3.05) is 14.1 Å². The van der Waals surface area contributed by atoms with Gasteiger partial charge in [0.25, 0.3) is 0 Å². The van der Waals surface area contributed by atoms with Crippen molar-refractivity contribution < 1.29 is 13.2 Å². The molecule has 8 heteroatoms. The van der Waals surface area contributed by atoms with Gasteiger partial charge in [0.05, 0.1) is 10.9 Å². The lowest BCUT2D eigenvalue weighted by molar-refractivity contribution is -0.130. The minimum absolute atomic E-state index is 0.0968. The van der Waals surface area contributed by atoms with E-state index in [4.69, 9.17) is 0 Å². The van der Waals surface area contributed by atoms with Crippen molar-refractivity contribution in [1.82, 2.24) is 14.6 Å². The average molecular weight is 273 g/mol. The van der Waals surface area contributed by atoms with Crippen LogP contribution in [0.3, 0.4) is 0 Å². The van der Waals surface area contributed by atoms with Crippen molar-refractivity contribution in [1.29, 1.82) is 0 Å². The summed E-state index contributed by atoms with van der Waals surface area (Å²) >= 11 is 0. The Morgan fingerprint density at radius 1 is 1.39 bits per heavy atom. The summed E-state index contributed by atoms with van der Waals surface area (Å²) in [5.74, 6) is -0.358. The van der Waals surface area contributed by atoms with Crippen molar-refractivity contribution in [2.24, 2.45) is 0 Å². The predicted molar refractivity (Wildman–Crippen MR) is 65.5 cm³/mol. The Labute approximate surface area is 105 Å². The number of likely N-dealkylation sites (N-methyl/N-ethyl adjacent to an activating group) is 1. The summed E-state index contributed by atoms with van der Waals surface area (Å²) in [7, 11) is -0.753. The maximum atomic E-state index is 11.9. The molecule has 1 amide bonds. The quantitative estimate of drug-likeness (QED) is 0.745. The first-order valence-electron chi connectivity index (χ1n) is 5.16. The molecule has 0 aliphatic heterocycles. The molecule has 7 nitrogen and oxygen atoms in total. The Hall–Kier alpha value is -1.67. The average Bonchev–Trinajstić information content (AvgIpc) is 2.27. The molecule has 1 rings (SSSR count). The summed E-state index contributed by atoms with van der Waals surface area (Å²) in [6, 6.07) is 1.40. The molecule has 2 N–H and O–H groups in total. The molecular weight excluding hydrogens is 258 g/mol. The van der Waals surface area contributed by atoms with Gasteiger partial charge in [-0.15, -0.1) is 0 Å². The van der Waals surface area contributed by atoms with E-state index in [2.05, 4.69) is 9.71 Å². The number of sulfonamides is 1. The Morgan fingerprint density at radius 3 is 2.44 bits per heavy atom. The summed E-state index contributed by atoms with van der Waals surface area (Å²) < 4.78 is 26.0. The van der Waals surface area contributed by atoms with E-state index in [-0.39, 0.29) is 10.8 Å². The van der Waals surface area contributed by atoms with Crippen LogP contribution in [0.15, 0.2) is 28.0 Å². The number of carbonyl (C=O) groups is 1. The molecule has 1 aromatic heterocycles. The first-order valence-corrected chi connectivity index (χ1v) is 6.64. The fourth-order valence-electron chi connectivity index (χ4n) is 1.30. The maximum absolute atomic E-state index is 11.9. The van der Waals surface area contributed by atoms with Gasteiger partial charge in [0.1, 0.15) is 0 Å². The molecule has 1 aromatic rings. The first-order chi connectivity index (χ1) is 8.24. The number of carbonyl (C=O) groups excluding carboxylic acids is 1. The fraction of sp³-hybridized carbons (Fsp3) is 0.400. The number of aromatic amines is 1. The SMILES string of the molecule is CC(NS(=O)(=O)c1ccc(=O)[nH]c1)C(=O)N(C)C. The highest BCUT2D eigenvalue weighted by molar-refractivity contribution is 7.89. The maximum Gasteiger partial charge on any atom is 0.247 e. The molecule has 0 fully saturated rings. The second-order valence-electron chi connectivity index (χ2n) is 3.96. The van der Waals surface area contributed by atoms with E-state index in [1.165, 1.54) is 32.0 Å². The predicted octanol–water partition coefficient (Wildman–Crippen LogP) is -0.870. The number of hydrogen-bond donors (Lipinski definition) is 2. The Balaban J connectivity index is 2.92. The highest BCUT2D eigenvalue weighted by Gasteiger charge is 2.22. The number of nitrogens with one attached hydrogen (secondary N) is 2. The zero-order chi connectivity index (χ0) is 13.9. The van der Waals surface area contributed by atoms with E-state index >= 15 is 0 Å². The van der Waals surface area contributed by atoms with Gasteiger partial charge in [0.2, 0.25) is 21.5 Å². The van der Waals surface area contributed by atoms with Gasteiger partial charge < -0.3 is 9.88 Å².